The summed E-state index contributed by atoms with van der Waals surface area (Å²) in [6.45, 7) is 1.74. The van der Waals surface area contributed by atoms with E-state index in [1.165, 1.54) is 23.1 Å². The SMILES string of the molecule is Cc1nc(SCC(=O)NC(=O)NC2CC2)sc1CC(=O)O. The zero-order valence-corrected chi connectivity index (χ0v) is 13.0. The summed E-state index contributed by atoms with van der Waals surface area (Å²) in [5.74, 6) is -1.24. The van der Waals surface area contributed by atoms with Crippen molar-refractivity contribution in [3.05, 3.63) is 10.6 Å². The van der Waals surface area contributed by atoms with Gasteiger partial charge in [-0.05, 0) is 19.8 Å². The molecular weight excluding hydrogens is 314 g/mol. The maximum Gasteiger partial charge on any atom is 0.321 e. The summed E-state index contributed by atoms with van der Waals surface area (Å²) in [4.78, 5) is 38.5. The van der Waals surface area contributed by atoms with E-state index >= 15 is 0 Å². The standard InChI is InChI=1S/C12H15N3O4S2/c1-6-8(4-10(17)18)21-12(13-6)20-5-9(16)15-11(19)14-7-2-3-7/h7H,2-5H2,1H3,(H,17,18)(H2,14,15,16,19). The third-order valence-electron chi connectivity index (χ3n) is 2.68. The number of aliphatic carboxylic acids is 1. The van der Waals surface area contributed by atoms with Crippen LogP contribution >= 0.6 is 23.1 Å². The average molecular weight is 329 g/mol. The van der Waals surface area contributed by atoms with Gasteiger partial charge in [0.25, 0.3) is 0 Å². The summed E-state index contributed by atoms with van der Waals surface area (Å²) >= 11 is 2.45. The van der Waals surface area contributed by atoms with E-state index in [-0.39, 0.29) is 18.2 Å². The Morgan fingerprint density at radius 2 is 2.14 bits per heavy atom. The Bertz CT molecular complexity index is 569. The van der Waals surface area contributed by atoms with E-state index in [2.05, 4.69) is 15.6 Å². The number of nitrogens with zero attached hydrogens (tertiary/aromatic N) is 1. The van der Waals surface area contributed by atoms with Crippen LogP contribution in [-0.2, 0) is 16.0 Å². The van der Waals surface area contributed by atoms with Crippen LogP contribution in [0.1, 0.15) is 23.4 Å². The van der Waals surface area contributed by atoms with Crippen LogP contribution < -0.4 is 10.6 Å². The lowest BCUT2D eigenvalue weighted by molar-refractivity contribution is -0.136. The summed E-state index contributed by atoms with van der Waals surface area (Å²) in [5, 5.41) is 13.7. The van der Waals surface area contributed by atoms with E-state index in [0.29, 0.717) is 14.9 Å². The van der Waals surface area contributed by atoms with Crippen molar-refractivity contribution < 1.29 is 19.5 Å². The Hall–Kier alpha value is -1.61. The molecule has 0 aliphatic heterocycles. The number of imide groups is 1. The van der Waals surface area contributed by atoms with Gasteiger partial charge in [-0.15, -0.1) is 11.3 Å². The number of aromatic nitrogens is 1. The molecule has 114 valence electrons. The van der Waals surface area contributed by atoms with Gasteiger partial charge in [0, 0.05) is 10.9 Å². The van der Waals surface area contributed by atoms with Gasteiger partial charge in [0.2, 0.25) is 5.91 Å². The number of rotatable bonds is 6. The minimum Gasteiger partial charge on any atom is -0.481 e. The summed E-state index contributed by atoms with van der Waals surface area (Å²) in [5.41, 5.74) is 0.664. The van der Waals surface area contributed by atoms with E-state index in [4.69, 9.17) is 5.11 Å². The minimum absolute atomic E-state index is 0.0670. The zero-order chi connectivity index (χ0) is 15.4. The van der Waals surface area contributed by atoms with Gasteiger partial charge in [0.1, 0.15) is 0 Å². The highest BCUT2D eigenvalue weighted by molar-refractivity contribution is 8.01. The van der Waals surface area contributed by atoms with Crippen molar-refractivity contribution in [3.63, 3.8) is 0 Å². The molecule has 1 aromatic heterocycles. The van der Waals surface area contributed by atoms with Crippen LogP contribution in [0, 0.1) is 6.92 Å². The molecule has 0 aromatic carbocycles. The van der Waals surface area contributed by atoms with Gasteiger partial charge in [0.05, 0.1) is 17.9 Å². The van der Waals surface area contributed by atoms with Crippen molar-refractivity contribution in [3.8, 4) is 0 Å². The molecule has 0 atom stereocenters. The predicted octanol–water partition coefficient (Wildman–Crippen LogP) is 1.16. The second-order valence-corrected chi connectivity index (χ2v) is 6.95. The number of hydrogen-bond donors (Lipinski definition) is 3. The molecule has 9 heteroatoms. The average Bonchev–Trinajstić information content (AvgIpc) is 3.11. The number of nitrogens with one attached hydrogen (secondary N) is 2. The van der Waals surface area contributed by atoms with Gasteiger partial charge in [-0.25, -0.2) is 9.78 Å². The number of carboxylic acids is 1. The number of carboxylic acid groups (broad SMARTS) is 1. The Kier molecular flexibility index (Phi) is 5.18. The van der Waals surface area contributed by atoms with E-state index in [0.717, 1.165) is 12.8 Å². The van der Waals surface area contributed by atoms with Crippen LogP contribution in [0.3, 0.4) is 0 Å². The molecule has 0 spiro atoms. The van der Waals surface area contributed by atoms with Crippen LogP contribution in [0.4, 0.5) is 4.79 Å². The Morgan fingerprint density at radius 3 is 2.76 bits per heavy atom. The highest BCUT2D eigenvalue weighted by Crippen LogP contribution is 2.27. The second-order valence-electron chi connectivity index (χ2n) is 4.64. The molecule has 3 N–H and O–H groups in total. The summed E-state index contributed by atoms with van der Waals surface area (Å²) in [6.07, 6.45) is 1.85. The zero-order valence-electron chi connectivity index (χ0n) is 11.3. The molecule has 21 heavy (non-hydrogen) atoms. The number of carbonyl (C=O) groups is 3. The summed E-state index contributed by atoms with van der Waals surface area (Å²) in [6, 6.07) is -0.268. The molecule has 0 saturated heterocycles. The van der Waals surface area contributed by atoms with Gasteiger partial charge >= 0.3 is 12.0 Å². The molecule has 1 aliphatic carbocycles. The second kappa shape index (κ2) is 6.90. The van der Waals surface area contributed by atoms with Crippen molar-refractivity contribution in [2.45, 2.75) is 36.6 Å². The molecule has 2 rings (SSSR count). The van der Waals surface area contributed by atoms with Gasteiger partial charge in [-0.3, -0.25) is 14.9 Å². The van der Waals surface area contributed by atoms with Crippen LogP contribution in [0.5, 0.6) is 0 Å². The molecule has 1 aromatic rings. The molecule has 1 aliphatic rings. The first kappa shape index (κ1) is 15.8. The van der Waals surface area contributed by atoms with Gasteiger partial charge in [0.15, 0.2) is 4.34 Å². The number of urea groups is 1. The molecule has 0 unspecified atom stereocenters. The number of thioether (sulfide) groups is 1. The third kappa shape index (κ3) is 5.35. The number of carbonyl (C=O) groups excluding carboxylic acids is 2. The third-order valence-corrected chi connectivity index (χ3v) is 4.98. The van der Waals surface area contributed by atoms with Crippen LogP contribution in [0.25, 0.3) is 0 Å². The van der Waals surface area contributed by atoms with Gasteiger partial charge < -0.3 is 10.4 Å². The highest BCUT2D eigenvalue weighted by Gasteiger charge is 2.24. The quantitative estimate of drug-likeness (QED) is 0.676. The fourth-order valence-corrected chi connectivity index (χ4v) is 3.53. The fourth-order valence-electron chi connectivity index (χ4n) is 1.50. The summed E-state index contributed by atoms with van der Waals surface area (Å²) < 4.78 is 0.626. The van der Waals surface area contributed by atoms with E-state index < -0.39 is 17.9 Å². The first-order valence-electron chi connectivity index (χ1n) is 6.35. The first-order chi connectivity index (χ1) is 9.94. The lowest BCUT2D eigenvalue weighted by atomic mass is 10.3. The van der Waals surface area contributed by atoms with E-state index in [9.17, 15) is 14.4 Å². The molecule has 0 radical (unpaired) electrons. The van der Waals surface area contributed by atoms with Crippen molar-refractivity contribution >= 4 is 41.0 Å². The maximum atomic E-state index is 11.6. The Morgan fingerprint density at radius 1 is 1.43 bits per heavy atom. The maximum absolute atomic E-state index is 11.6. The molecule has 0 bridgehead atoms. The van der Waals surface area contributed by atoms with E-state index in [1.807, 2.05) is 0 Å². The molecule has 3 amide bonds. The number of thiazole rings is 1. The highest BCUT2D eigenvalue weighted by atomic mass is 32.2. The molecule has 1 heterocycles. The van der Waals surface area contributed by atoms with Crippen LogP contribution in [-0.4, -0.2) is 39.8 Å². The molecular formula is C12H15N3O4S2. The Balaban J connectivity index is 1.77. The molecule has 7 nitrogen and oxygen atoms in total. The van der Waals surface area contributed by atoms with Gasteiger partial charge in [-0.2, -0.15) is 0 Å². The first-order valence-corrected chi connectivity index (χ1v) is 8.15. The number of hydrogen-bond acceptors (Lipinski definition) is 6. The molecule has 1 fully saturated rings. The van der Waals surface area contributed by atoms with Crippen molar-refractivity contribution in [1.29, 1.82) is 0 Å². The smallest absolute Gasteiger partial charge is 0.321 e. The lowest BCUT2D eigenvalue weighted by Gasteiger charge is -2.04. The minimum atomic E-state index is -0.909. The number of amides is 3. The normalized spacial score (nSPS) is 13.8. The summed E-state index contributed by atoms with van der Waals surface area (Å²) in [7, 11) is 0. The van der Waals surface area contributed by atoms with Crippen LogP contribution in [0.2, 0.25) is 0 Å². The van der Waals surface area contributed by atoms with E-state index in [1.54, 1.807) is 6.92 Å². The Labute approximate surface area is 129 Å². The lowest BCUT2D eigenvalue weighted by Crippen LogP contribution is -2.41. The van der Waals surface area contributed by atoms with Crippen LogP contribution in [0.15, 0.2) is 4.34 Å². The topological polar surface area (TPSA) is 108 Å². The molecule has 1 saturated carbocycles. The van der Waals surface area contributed by atoms with Crippen molar-refractivity contribution in [2.24, 2.45) is 0 Å². The monoisotopic (exact) mass is 329 g/mol. The van der Waals surface area contributed by atoms with Gasteiger partial charge in [-0.1, -0.05) is 11.8 Å². The van der Waals surface area contributed by atoms with Crippen molar-refractivity contribution in [1.82, 2.24) is 15.6 Å². The largest absolute Gasteiger partial charge is 0.481 e. The fraction of sp³-hybridized carbons (Fsp3) is 0.500. The van der Waals surface area contributed by atoms with Crippen molar-refractivity contribution in [2.75, 3.05) is 5.75 Å². The predicted molar refractivity (Wildman–Crippen MR) is 78.6 cm³/mol. The number of aryl methyl sites for hydroxylation is 1.